The third-order valence-corrected chi connectivity index (χ3v) is 12.3. The predicted molar refractivity (Wildman–Crippen MR) is 133 cm³/mol. The molecule has 12 atom stereocenters. The summed E-state index contributed by atoms with van der Waals surface area (Å²) in [7, 11) is -6.24. The van der Waals surface area contributed by atoms with Gasteiger partial charge in [0.05, 0.1) is 18.3 Å². The van der Waals surface area contributed by atoms with Crippen LogP contribution in [0.3, 0.4) is 0 Å². The molecular weight excluding hydrogens is 541 g/mol. The molecule has 0 spiro atoms. The third-order valence-electron chi connectivity index (χ3n) is 11.4. The molecule has 0 radical (unpaired) electrons. The second-order valence-corrected chi connectivity index (χ2v) is 14.7. The number of rotatable bonds is 8. The number of halogens is 3. The summed E-state index contributed by atoms with van der Waals surface area (Å²) in [5.74, 6) is -0.521. The molecule has 0 saturated heterocycles. The number of ether oxygens (including phenoxy) is 1. The molecule has 1 unspecified atom stereocenters. The minimum absolute atomic E-state index is 0.0287. The Bertz CT molecular complexity index is 1030. The van der Waals surface area contributed by atoms with E-state index in [-0.39, 0.29) is 53.4 Å². The highest BCUT2D eigenvalue weighted by molar-refractivity contribution is 7.86. The van der Waals surface area contributed by atoms with E-state index in [0.29, 0.717) is 25.7 Å². The van der Waals surface area contributed by atoms with Crippen LogP contribution in [0.4, 0.5) is 13.2 Å². The van der Waals surface area contributed by atoms with Gasteiger partial charge < -0.3 is 24.6 Å². The summed E-state index contributed by atoms with van der Waals surface area (Å²) in [6, 6.07) is 0. The predicted octanol–water partition coefficient (Wildman–Crippen LogP) is 3.38. The molecule has 8 nitrogen and oxygen atoms in total. The Balaban J connectivity index is 1.39. The van der Waals surface area contributed by atoms with Crippen LogP contribution in [-0.2, 0) is 19.6 Å². The minimum Gasteiger partial charge on any atom is -0.743 e. The van der Waals surface area contributed by atoms with Crippen LogP contribution in [0.5, 0.6) is 0 Å². The second kappa shape index (κ2) is 10.7. The van der Waals surface area contributed by atoms with Gasteiger partial charge in [0.2, 0.25) is 6.17 Å². The van der Waals surface area contributed by atoms with Gasteiger partial charge in [-0.1, -0.05) is 20.8 Å². The molecule has 0 aromatic rings. The zero-order chi connectivity index (χ0) is 29.1. The van der Waals surface area contributed by atoms with Crippen LogP contribution in [0.25, 0.3) is 0 Å². The molecule has 3 N–H and O–H groups in total. The van der Waals surface area contributed by atoms with Gasteiger partial charge in [-0.2, -0.15) is 8.78 Å². The normalized spacial score (nSPS) is 44.1. The lowest BCUT2D eigenvalue weighted by molar-refractivity contribution is -0.207. The maximum absolute atomic E-state index is 13.6. The Morgan fingerprint density at radius 2 is 1.77 bits per heavy atom. The van der Waals surface area contributed by atoms with Crippen molar-refractivity contribution < 1.29 is 51.0 Å². The summed E-state index contributed by atoms with van der Waals surface area (Å²) in [4.78, 5) is 12.1. The molecule has 4 saturated carbocycles. The smallest absolute Gasteiger partial charge is 0.368 e. The summed E-state index contributed by atoms with van der Waals surface area (Å²) in [5.41, 5.74) is -0.535. The number of alkyl halides is 3. The Morgan fingerprint density at radius 1 is 1.10 bits per heavy atom. The Labute approximate surface area is 228 Å². The van der Waals surface area contributed by atoms with Crippen molar-refractivity contribution >= 4 is 16.1 Å². The van der Waals surface area contributed by atoms with Crippen molar-refractivity contribution in [3.05, 3.63) is 0 Å². The minimum atomic E-state index is -6.24. The first-order valence-electron chi connectivity index (χ1n) is 14.1. The number of carbonyl (C=O) groups is 1. The van der Waals surface area contributed by atoms with Crippen LogP contribution in [0.15, 0.2) is 0 Å². The fraction of sp³-hybridized carbons (Fsp3) is 0.963. The van der Waals surface area contributed by atoms with E-state index in [4.69, 9.17) is 0 Å². The highest BCUT2D eigenvalue weighted by Gasteiger charge is 2.65. The summed E-state index contributed by atoms with van der Waals surface area (Å²) >= 11 is 0. The second-order valence-electron chi connectivity index (χ2n) is 13.2. The van der Waals surface area contributed by atoms with E-state index in [1.165, 1.54) is 0 Å². The number of carbonyl (C=O) groups excluding carboxylic acids is 1. The number of aliphatic hydroxyl groups is 3. The largest absolute Gasteiger partial charge is 0.743 e. The molecule has 0 aliphatic heterocycles. The van der Waals surface area contributed by atoms with Crippen molar-refractivity contribution in [1.29, 1.82) is 0 Å². The van der Waals surface area contributed by atoms with E-state index in [1.807, 2.05) is 6.92 Å². The van der Waals surface area contributed by atoms with Crippen molar-refractivity contribution in [2.45, 2.75) is 108 Å². The van der Waals surface area contributed by atoms with Crippen LogP contribution < -0.4 is 0 Å². The molecule has 0 aromatic heterocycles. The fourth-order valence-corrected chi connectivity index (χ4v) is 9.55. The van der Waals surface area contributed by atoms with Gasteiger partial charge in [-0.05, 0) is 97.7 Å². The van der Waals surface area contributed by atoms with Gasteiger partial charge in [0.1, 0.15) is 6.61 Å². The van der Waals surface area contributed by atoms with Crippen molar-refractivity contribution in [1.82, 2.24) is 0 Å². The lowest BCUT2D eigenvalue weighted by atomic mass is 9.43. The number of hydrogen-bond acceptors (Lipinski definition) is 8. The van der Waals surface area contributed by atoms with Crippen LogP contribution >= 0.6 is 0 Å². The lowest BCUT2D eigenvalue weighted by Gasteiger charge is -2.63. The molecule has 0 heterocycles. The van der Waals surface area contributed by atoms with E-state index in [1.54, 1.807) is 0 Å². The molecule has 0 bridgehead atoms. The van der Waals surface area contributed by atoms with Crippen LogP contribution in [0.1, 0.15) is 78.6 Å². The Hall–Kier alpha value is -0.950. The number of esters is 1. The average Bonchev–Trinajstić information content (AvgIpc) is 3.20. The quantitative estimate of drug-likeness (QED) is 0.291. The topological polar surface area (TPSA) is 144 Å². The number of aliphatic hydroxyl groups excluding tert-OH is 3. The molecule has 226 valence electrons. The fourth-order valence-electron chi connectivity index (χ4n) is 9.17. The van der Waals surface area contributed by atoms with E-state index in [2.05, 4.69) is 18.6 Å². The summed E-state index contributed by atoms with van der Waals surface area (Å²) in [6.45, 7) is 4.72. The maximum Gasteiger partial charge on any atom is 0.368 e. The first kappa shape index (κ1) is 31.0. The summed E-state index contributed by atoms with van der Waals surface area (Å²) in [6.07, 6.45) is 0.270. The van der Waals surface area contributed by atoms with Gasteiger partial charge in [-0.15, -0.1) is 0 Å². The third kappa shape index (κ3) is 5.26. The molecular formula is C27H42F3O8S-. The molecule has 0 amide bonds. The van der Waals surface area contributed by atoms with Gasteiger partial charge in [-0.25, -0.2) is 12.8 Å². The zero-order valence-electron chi connectivity index (χ0n) is 22.8. The monoisotopic (exact) mass is 583 g/mol. The zero-order valence-corrected chi connectivity index (χ0v) is 23.6. The maximum atomic E-state index is 13.6. The Kier molecular flexibility index (Phi) is 8.51. The number of fused-ring (bicyclic) bond motifs is 5. The molecule has 4 aliphatic carbocycles. The Morgan fingerprint density at radius 3 is 2.41 bits per heavy atom. The van der Waals surface area contributed by atoms with Gasteiger partial charge in [0.25, 0.3) is 0 Å². The van der Waals surface area contributed by atoms with Crippen molar-refractivity contribution in [3.8, 4) is 0 Å². The molecule has 4 fully saturated rings. The van der Waals surface area contributed by atoms with Crippen molar-refractivity contribution in [3.63, 3.8) is 0 Å². The van der Waals surface area contributed by atoms with Crippen LogP contribution in [-0.4, -0.2) is 70.6 Å². The van der Waals surface area contributed by atoms with Gasteiger partial charge in [0, 0.05) is 6.42 Å². The summed E-state index contributed by atoms with van der Waals surface area (Å²) in [5, 5.41) is 28.0. The highest BCUT2D eigenvalue weighted by atomic mass is 32.2. The van der Waals surface area contributed by atoms with Gasteiger partial charge in [-0.3, -0.25) is 4.79 Å². The van der Waals surface area contributed by atoms with E-state index in [0.717, 1.165) is 25.7 Å². The van der Waals surface area contributed by atoms with E-state index >= 15 is 0 Å². The van der Waals surface area contributed by atoms with Crippen molar-refractivity contribution in [2.24, 2.45) is 46.3 Å². The molecule has 39 heavy (non-hydrogen) atoms. The van der Waals surface area contributed by atoms with Gasteiger partial charge in [0.15, 0.2) is 10.1 Å². The SMILES string of the molecule is C[C@H](CCC(=O)OCC(F)C(F)(F)S(=O)(=O)[O-])[C@H]1CC[C@H]2[C@@H]3[C@H](O)C[C@@H]4C[C@H](O)CC[C@]4(C)[C@H]3C[C@H](O)[C@]12C. The van der Waals surface area contributed by atoms with Crippen molar-refractivity contribution in [2.75, 3.05) is 6.61 Å². The molecule has 4 rings (SSSR count). The molecule has 12 heteroatoms. The lowest BCUT2D eigenvalue weighted by Crippen LogP contribution is -2.62. The summed E-state index contributed by atoms with van der Waals surface area (Å²) < 4.78 is 76.3. The van der Waals surface area contributed by atoms with Crippen LogP contribution in [0.2, 0.25) is 0 Å². The highest BCUT2D eigenvalue weighted by Crippen LogP contribution is 2.68. The average molecular weight is 584 g/mol. The first-order valence-corrected chi connectivity index (χ1v) is 15.5. The molecule has 0 aromatic carbocycles. The van der Waals surface area contributed by atoms with E-state index in [9.17, 15) is 46.3 Å². The van der Waals surface area contributed by atoms with E-state index < -0.39 is 51.7 Å². The van der Waals surface area contributed by atoms with Crippen LogP contribution in [0, 0.1) is 46.3 Å². The molecule has 4 aliphatic rings. The van der Waals surface area contributed by atoms with Gasteiger partial charge >= 0.3 is 11.2 Å². The first-order chi connectivity index (χ1) is 17.9. The number of hydrogen-bond donors (Lipinski definition) is 3. The standard InChI is InChI=1S/C27H43F3O8S/c1-14(4-7-23(34)38-13-21(28)27(29,30)39(35,36)37)17-5-6-18-24-19(12-22(33)26(17,18)3)25(2)9-8-16(31)10-15(25)11-20(24)32/h14-22,24,31-33H,4-13H2,1-3H3,(H,35,36,37)/p-1/t14-,15+,16-,17-,18+,19+,20-,21?,22+,24+,25+,26-/m1/s1.